The van der Waals surface area contributed by atoms with Crippen LogP contribution in [-0.2, 0) is 4.79 Å². The zero-order valence-electron chi connectivity index (χ0n) is 9.83. The van der Waals surface area contributed by atoms with Crippen LogP contribution in [0.2, 0.25) is 5.02 Å². The van der Waals surface area contributed by atoms with Crippen LogP contribution >= 0.6 is 11.6 Å². The molecule has 1 aromatic carbocycles. The number of halogens is 1. The number of amides is 1. The molecule has 0 unspecified atom stereocenters. The molecule has 0 aliphatic carbocycles. The van der Waals surface area contributed by atoms with Gasteiger partial charge < -0.3 is 15.8 Å². The van der Waals surface area contributed by atoms with Gasteiger partial charge in [0.2, 0.25) is 0 Å². The van der Waals surface area contributed by atoms with Gasteiger partial charge in [-0.1, -0.05) is 17.7 Å². The van der Waals surface area contributed by atoms with Crippen molar-refractivity contribution < 1.29 is 9.53 Å². The average molecular weight is 257 g/mol. The summed E-state index contributed by atoms with van der Waals surface area (Å²) >= 11 is 5.94. The molecule has 3 N–H and O–H groups in total. The summed E-state index contributed by atoms with van der Waals surface area (Å²) in [5.41, 5.74) is 6.16. The van der Waals surface area contributed by atoms with Gasteiger partial charge in [0.25, 0.3) is 5.91 Å². The highest BCUT2D eigenvalue weighted by Crippen LogP contribution is 2.24. The van der Waals surface area contributed by atoms with E-state index in [9.17, 15) is 4.79 Å². The molecule has 0 bridgehead atoms. The monoisotopic (exact) mass is 256 g/mol. The number of nitrogens with one attached hydrogen (secondary N) is 1. The van der Waals surface area contributed by atoms with Crippen LogP contribution in [0, 0.1) is 6.92 Å². The number of hydrogen-bond acceptors (Lipinski definition) is 3. The Morgan fingerprint density at radius 1 is 1.53 bits per heavy atom. The molecule has 0 spiro atoms. The molecule has 0 radical (unpaired) electrons. The van der Waals surface area contributed by atoms with Crippen LogP contribution in [0.25, 0.3) is 0 Å². The Morgan fingerprint density at radius 2 is 2.29 bits per heavy atom. The molecule has 0 saturated heterocycles. The van der Waals surface area contributed by atoms with Crippen molar-refractivity contribution in [2.45, 2.75) is 13.3 Å². The molecule has 17 heavy (non-hydrogen) atoms. The quantitative estimate of drug-likeness (QED) is 0.758. The van der Waals surface area contributed by atoms with Gasteiger partial charge in [0, 0.05) is 17.1 Å². The second-order valence-corrected chi connectivity index (χ2v) is 4.05. The summed E-state index contributed by atoms with van der Waals surface area (Å²) in [6.07, 6.45) is 0.766. The smallest absolute Gasteiger partial charge is 0.257 e. The Hall–Kier alpha value is -1.26. The predicted molar refractivity (Wildman–Crippen MR) is 68.4 cm³/mol. The number of hydrogen-bond donors (Lipinski definition) is 2. The first kappa shape index (κ1) is 13.8. The van der Waals surface area contributed by atoms with E-state index in [2.05, 4.69) is 5.32 Å². The molecule has 94 valence electrons. The van der Waals surface area contributed by atoms with Gasteiger partial charge in [-0.3, -0.25) is 4.79 Å². The standard InChI is InChI=1S/C12H17ClN2O2/c1-9-10(13)4-2-5-11(9)17-8-12(16)15-7-3-6-14/h2,4-5H,3,6-8,14H2,1H3,(H,15,16). The van der Waals surface area contributed by atoms with Crippen molar-refractivity contribution in [1.29, 1.82) is 0 Å². The molecule has 0 fully saturated rings. The molecule has 0 aromatic heterocycles. The van der Waals surface area contributed by atoms with E-state index in [0.717, 1.165) is 12.0 Å². The third-order valence-electron chi connectivity index (χ3n) is 2.28. The summed E-state index contributed by atoms with van der Waals surface area (Å²) in [4.78, 5) is 11.4. The van der Waals surface area contributed by atoms with E-state index in [4.69, 9.17) is 22.1 Å². The molecule has 0 saturated carbocycles. The average Bonchev–Trinajstić information content (AvgIpc) is 2.31. The van der Waals surface area contributed by atoms with Gasteiger partial charge in [-0.2, -0.15) is 0 Å². The van der Waals surface area contributed by atoms with Gasteiger partial charge in [-0.05, 0) is 32.0 Å². The highest BCUT2D eigenvalue weighted by molar-refractivity contribution is 6.31. The maximum Gasteiger partial charge on any atom is 0.257 e. The molecule has 1 rings (SSSR count). The Morgan fingerprint density at radius 3 is 3.00 bits per heavy atom. The van der Waals surface area contributed by atoms with E-state index in [1.165, 1.54) is 0 Å². The van der Waals surface area contributed by atoms with Crippen molar-refractivity contribution in [3.63, 3.8) is 0 Å². The molecule has 4 nitrogen and oxygen atoms in total. The van der Waals surface area contributed by atoms with Gasteiger partial charge >= 0.3 is 0 Å². The van der Waals surface area contributed by atoms with Gasteiger partial charge in [-0.25, -0.2) is 0 Å². The first-order valence-electron chi connectivity index (χ1n) is 5.50. The van der Waals surface area contributed by atoms with Crippen LogP contribution in [0.4, 0.5) is 0 Å². The molecule has 0 aliphatic rings. The number of rotatable bonds is 6. The third-order valence-corrected chi connectivity index (χ3v) is 2.69. The summed E-state index contributed by atoms with van der Waals surface area (Å²) in [6.45, 7) is 2.98. The fourth-order valence-corrected chi connectivity index (χ4v) is 1.43. The lowest BCUT2D eigenvalue weighted by molar-refractivity contribution is -0.123. The van der Waals surface area contributed by atoms with Gasteiger partial charge in [0.1, 0.15) is 5.75 Å². The van der Waals surface area contributed by atoms with Crippen molar-refractivity contribution in [2.75, 3.05) is 19.7 Å². The maximum absolute atomic E-state index is 11.4. The van der Waals surface area contributed by atoms with Crippen LogP contribution in [0.15, 0.2) is 18.2 Å². The molecular weight excluding hydrogens is 240 g/mol. The lowest BCUT2D eigenvalue weighted by Gasteiger charge is -2.10. The van der Waals surface area contributed by atoms with E-state index in [-0.39, 0.29) is 12.5 Å². The van der Waals surface area contributed by atoms with Gasteiger partial charge in [-0.15, -0.1) is 0 Å². The van der Waals surface area contributed by atoms with E-state index < -0.39 is 0 Å². The summed E-state index contributed by atoms with van der Waals surface area (Å²) in [5.74, 6) is 0.476. The van der Waals surface area contributed by atoms with Gasteiger partial charge in [0.15, 0.2) is 6.61 Å². The van der Waals surface area contributed by atoms with Gasteiger partial charge in [0.05, 0.1) is 0 Å². The van der Waals surface area contributed by atoms with Crippen molar-refractivity contribution in [1.82, 2.24) is 5.32 Å². The molecule has 1 aromatic rings. The lowest BCUT2D eigenvalue weighted by atomic mass is 10.2. The molecule has 0 aliphatic heterocycles. The third kappa shape index (κ3) is 4.63. The number of ether oxygens (including phenoxy) is 1. The van der Waals surface area contributed by atoms with Crippen molar-refractivity contribution in [2.24, 2.45) is 5.73 Å². The summed E-state index contributed by atoms with van der Waals surface area (Å²) in [5, 5.41) is 3.34. The SMILES string of the molecule is Cc1c(Cl)cccc1OCC(=O)NCCCN. The molecule has 1 amide bonds. The normalized spacial score (nSPS) is 10.1. The Bertz CT molecular complexity index is 383. The first-order valence-corrected chi connectivity index (χ1v) is 5.87. The Kier molecular flexibility index (Phi) is 5.80. The largest absolute Gasteiger partial charge is 0.483 e. The fourth-order valence-electron chi connectivity index (χ4n) is 1.27. The summed E-state index contributed by atoms with van der Waals surface area (Å²) < 4.78 is 5.38. The van der Waals surface area contributed by atoms with Crippen LogP contribution in [0.1, 0.15) is 12.0 Å². The number of carbonyl (C=O) groups excluding carboxylic acids is 1. The molecule has 5 heteroatoms. The second kappa shape index (κ2) is 7.14. The van der Waals surface area contributed by atoms with Crippen LogP contribution in [-0.4, -0.2) is 25.6 Å². The highest BCUT2D eigenvalue weighted by atomic mass is 35.5. The van der Waals surface area contributed by atoms with Crippen molar-refractivity contribution in [3.8, 4) is 5.75 Å². The van der Waals surface area contributed by atoms with E-state index in [1.807, 2.05) is 6.92 Å². The number of nitrogens with two attached hydrogens (primary N) is 1. The molecule has 0 heterocycles. The summed E-state index contributed by atoms with van der Waals surface area (Å²) in [6, 6.07) is 5.36. The maximum atomic E-state index is 11.4. The number of benzene rings is 1. The van der Waals surface area contributed by atoms with Crippen molar-refractivity contribution >= 4 is 17.5 Å². The minimum absolute atomic E-state index is 0.00818. The zero-order chi connectivity index (χ0) is 12.7. The highest BCUT2D eigenvalue weighted by Gasteiger charge is 2.06. The van der Waals surface area contributed by atoms with Crippen LogP contribution in [0.5, 0.6) is 5.75 Å². The van der Waals surface area contributed by atoms with E-state index in [1.54, 1.807) is 18.2 Å². The summed E-state index contributed by atoms with van der Waals surface area (Å²) in [7, 11) is 0. The van der Waals surface area contributed by atoms with Crippen LogP contribution in [0.3, 0.4) is 0 Å². The Balaban J connectivity index is 2.39. The first-order chi connectivity index (χ1) is 8.15. The minimum Gasteiger partial charge on any atom is -0.483 e. The Labute approximate surface area is 106 Å². The van der Waals surface area contributed by atoms with Crippen LogP contribution < -0.4 is 15.8 Å². The molecule has 0 atom stereocenters. The lowest BCUT2D eigenvalue weighted by Crippen LogP contribution is -2.30. The van der Waals surface area contributed by atoms with E-state index in [0.29, 0.717) is 23.9 Å². The topological polar surface area (TPSA) is 64.3 Å². The minimum atomic E-state index is -0.155. The van der Waals surface area contributed by atoms with Crippen molar-refractivity contribution in [3.05, 3.63) is 28.8 Å². The predicted octanol–water partition coefficient (Wildman–Crippen LogP) is 1.49. The second-order valence-electron chi connectivity index (χ2n) is 3.64. The van der Waals surface area contributed by atoms with E-state index >= 15 is 0 Å². The number of carbonyl (C=O) groups is 1. The fraction of sp³-hybridized carbons (Fsp3) is 0.417. The zero-order valence-corrected chi connectivity index (χ0v) is 10.6. The molecular formula is C12H17ClN2O2.